The summed E-state index contributed by atoms with van der Waals surface area (Å²) in [6.45, 7) is 12.3. The second-order valence-corrected chi connectivity index (χ2v) is 6.96. The van der Waals surface area contributed by atoms with E-state index < -0.39 is 0 Å². The van der Waals surface area contributed by atoms with Crippen LogP contribution < -0.4 is 10.6 Å². The van der Waals surface area contributed by atoms with Gasteiger partial charge in [-0.1, -0.05) is 30.3 Å². The minimum atomic E-state index is 0.0623. The summed E-state index contributed by atoms with van der Waals surface area (Å²) < 4.78 is 0. The van der Waals surface area contributed by atoms with E-state index in [0.29, 0.717) is 13.0 Å². The molecule has 1 amide bonds. The van der Waals surface area contributed by atoms with E-state index in [1.54, 1.807) is 0 Å². The summed E-state index contributed by atoms with van der Waals surface area (Å²) in [6.07, 6.45) is 0.432. The van der Waals surface area contributed by atoms with Gasteiger partial charge < -0.3 is 15.5 Å². The summed E-state index contributed by atoms with van der Waals surface area (Å²) in [4.78, 5) is 21.2. The lowest BCUT2D eigenvalue weighted by atomic mass is 10.2. The van der Waals surface area contributed by atoms with Gasteiger partial charge in [0.05, 0.1) is 6.54 Å². The Morgan fingerprint density at radius 3 is 2.46 bits per heavy atom. The predicted octanol–water partition coefficient (Wildman–Crippen LogP) is 1.68. The lowest BCUT2D eigenvalue weighted by Crippen LogP contribution is -2.52. The van der Waals surface area contributed by atoms with E-state index in [0.717, 1.165) is 45.2 Å². The highest BCUT2D eigenvalue weighted by Gasteiger charge is 2.19. The third kappa shape index (κ3) is 7.04. The highest BCUT2D eigenvalue weighted by molar-refractivity contribution is 5.81. The molecular weight excluding hydrogens is 326 g/mol. The van der Waals surface area contributed by atoms with E-state index in [-0.39, 0.29) is 11.9 Å². The zero-order valence-corrected chi connectivity index (χ0v) is 16.4. The van der Waals surface area contributed by atoms with Crippen LogP contribution in [0.4, 0.5) is 0 Å². The van der Waals surface area contributed by atoms with Gasteiger partial charge in [-0.25, -0.2) is 0 Å². The van der Waals surface area contributed by atoms with Crippen LogP contribution in [-0.4, -0.2) is 67.0 Å². The monoisotopic (exact) mass is 359 g/mol. The zero-order chi connectivity index (χ0) is 18.8. The standard InChI is InChI=1S/C20H33N5O/c1-4-21-20(22-11-10-19(26)23-17(2)3)25-14-12-24(13-15-25)16-18-8-6-5-7-9-18/h5-9,17H,4,10-16H2,1-3H3,(H,21,22)(H,23,26). The molecule has 0 radical (unpaired) electrons. The molecule has 0 aromatic heterocycles. The minimum Gasteiger partial charge on any atom is -0.357 e. The summed E-state index contributed by atoms with van der Waals surface area (Å²) in [6, 6.07) is 10.8. The number of amides is 1. The number of nitrogens with one attached hydrogen (secondary N) is 2. The second-order valence-electron chi connectivity index (χ2n) is 6.96. The van der Waals surface area contributed by atoms with Crippen molar-refractivity contribution in [3.05, 3.63) is 35.9 Å². The van der Waals surface area contributed by atoms with E-state index in [1.807, 2.05) is 13.8 Å². The molecule has 0 unspecified atom stereocenters. The average molecular weight is 360 g/mol. The van der Waals surface area contributed by atoms with Crippen LogP contribution in [0.3, 0.4) is 0 Å². The Kier molecular flexibility index (Phi) is 8.41. The number of rotatable bonds is 7. The van der Waals surface area contributed by atoms with Gasteiger partial charge in [-0.05, 0) is 26.3 Å². The largest absolute Gasteiger partial charge is 0.357 e. The Balaban J connectivity index is 1.81. The number of benzene rings is 1. The molecule has 1 aromatic carbocycles. The maximum atomic E-state index is 11.8. The summed E-state index contributed by atoms with van der Waals surface area (Å²) in [5.41, 5.74) is 1.36. The van der Waals surface area contributed by atoms with Crippen molar-refractivity contribution in [2.45, 2.75) is 39.8 Å². The fraction of sp³-hybridized carbons (Fsp3) is 0.600. The molecule has 0 aliphatic carbocycles. The Bertz CT molecular complexity index is 565. The number of hydrogen-bond acceptors (Lipinski definition) is 3. The molecule has 0 bridgehead atoms. The van der Waals surface area contributed by atoms with Crippen LogP contribution >= 0.6 is 0 Å². The molecule has 6 nitrogen and oxygen atoms in total. The Hall–Kier alpha value is -2.08. The molecule has 1 saturated heterocycles. The van der Waals surface area contributed by atoms with Crippen molar-refractivity contribution < 1.29 is 4.79 Å². The van der Waals surface area contributed by atoms with Crippen molar-refractivity contribution in [3.63, 3.8) is 0 Å². The van der Waals surface area contributed by atoms with Crippen molar-refractivity contribution in [2.24, 2.45) is 4.99 Å². The minimum absolute atomic E-state index is 0.0623. The number of nitrogens with zero attached hydrogens (tertiary/aromatic N) is 3. The number of piperazine rings is 1. The van der Waals surface area contributed by atoms with Crippen LogP contribution in [-0.2, 0) is 11.3 Å². The number of carbonyl (C=O) groups is 1. The van der Waals surface area contributed by atoms with Gasteiger partial charge >= 0.3 is 0 Å². The topological polar surface area (TPSA) is 60.0 Å². The molecule has 0 saturated carbocycles. The van der Waals surface area contributed by atoms with Gasteiger partial charge in [0.2, 0.25) is 5.91 Å². The zero-order valence-electron chi connectivity index (χ0n) is 16.4. The average Bonchev–Trinajstić information content (AvgIpc) is 2.62. The Morgan fingerprint density at radius 1 is 1.15 bits per heavy atom. The summed E-state index contributed by atoms with van der Waals surface area (Å²) in [5.74, 6) is 0.983. The van der Waals surface area contributed by atoms with E-state index in [4.69, 9.17) is 0 Å². The Morgan fingerprint density at radius 2 is 1.85 bits per heavy atom. The Labute approximate surface area is 157 Å². The molecule has 144 valence electrons. The lowest BCUT2D eigenvalue weighted by molar-refractivity contribution is -0.121. The predicted molar refractivity (Wildman–Crippen MR) is 107 cm³/mol. The maximum absolute atomic E-state index is 11.8. The number of hydrogen-bond donors (Lipinski definition) is 2. The van der Waals surface area contributed by atoms with E-state index in [2.05, 4.69) is 62.7 Å². The molecule has 1 heterocycles. The van der Waals surface area contributed by atoms with Crippen molar-refractivity contribution in [2.75, 3.05) is 39.3 Å². The van der Waals surface area contributed by atoms with Gasteiger partial charge in [-0.2, -0.15) is 0 Å². The van der Waals surface area contributed by atoms with Crippen molar-refractivity contribution in [1.29, 1.82) is 0 Å². The van der Waals surface area contributed by atoms with Gasteiger partial charge in [0.25, 0.3) is 0 Å². The SMILES string of the molecule is CCNC(=NCCC(=O)NC(C)C)N1CCN(Cc2ccccc2)CC1. The van der Waals surface area contributed by atoms with Gasteiger partial charge in [0.15, 0.2) is 5.96 Å². The molecule has 2 N–H and O–H groups in total. The molecule has 1 aliphatic rings. The van der Waals surface area contributed by atoms with Crippen molar-refractivity contribution in [1.82, 2.24) is 20.4 Å². The maximum Gasteiger partial charge on any atom is 0.222 e. The van der Waals surface area contributed by atoms with Crippen molar-refractivity contribution >= 4 is 11.9 Å². The van der Waals surface area contributed by atoms with Gasteiger partial charge in [-0.15, -0.1) is 0 Å². The van der Waals surface area contributed by atoms with Crippen LogP contribution in [0.15, 0.2) is 35.3 Å². The summed E-state index contributed by atoms with van der Waals surface area (Å²) in [7, 11) is 0. The second kappa shape index (κ2) is 10.8. The molecule has 26 heavy (non-hydrogen) atoms. The lowest BCUT2D eigenvalue weighted by Gasteiger charge is -2.36. The molecule has 6 heteroatoms. The first-order chi connectivity index (χ1) is 12.6. The van der Waals surface area contributed by atoms with E-state index in [1.165, 1.54) is 5.56 Å². The molecule has 2 rings (SSSR count). The first-order valence-corrected chi connectivity index (χ1v) is 9.67. The summed E-state index contributed by atoms with van der Waals surface area (Å²) in [5, 5.41) is 6.27. The number of aliphatic imine (C=N–C) groups is 1. The molecule has 0 atom stereocenters. The third-order valence-electron chi connectivity index (χ3n) is 4.31. The quantitative estimate of drug-likeness (QED) is 0.574. The van der Waals surface area contributed by atoms with Gasteiger partial charge in [0.1, 0.15) is 0 Å². The van der Waals surface area contributed by atoms with E-state index in [9.17, 15) is 4.79 Å². The third-order valence-corrected chi connectivity index (χ3v) is 4.31. The van der Waals surface area contributed by atoms with Crippen LogP contribution in [0.5, 0.6) is 0 Å². The van der Waals surface area contributed by atoms with Gasteiger partial charge in [0, 0.05) is 51.7 Å². The molecule has 1 aliphatic heterocycles. The van der Waals surface area contributed by atoms with E-state index >= 15 is 0 Å². The highest BCUT2D eigenvalue weighted by Crippen LogP contribution is 2.08. The molecular formula is C20H33N5O. The van der Waals surface area contributed by atoms with Crippen LogP contribution in [0.2, 0.25) is 0 Å². The van der Waals surface area contributed by atoms with Crippen LogP contribution in [0, 0.1) is 0 Å². The highest BCUT2D eigenvalue weighted by atomic mass is 16.1. The smallest absolute Gasteiger partial charge is 0.222 e. The fourth-order valence-electron chi connectivity index (χ4n) is 3.04. The van der Waals surface area contributed by atoms with Crippen molar-refractivity contribution in [3.8, 4) is 0 Å². The number of guanidine groups is 1. The molecule has 1 fully saturated rings. The van der Waals surface area contributed by atoms with Gasteiger partial charge in [-0.3, -0.25) is 14.7 Å². The van der Waals surface area contributed by atoms with Crippen LogP contribution in [0.1, 0.15) is 32.8 Å². The first kappa shape index (κ1) is 20.2. The normalized spacial score (nSPS) is 16.0. The number of carbonyl (C=O) groups excluding carboxylic acids is 1. The first-order valence-electron chi connectivity index (χ1n) is 9.67. The van der Waals surface area contributed by atoms with Crippen LogP contribution in [0.25, 0.3) is 0 Å². The summed E-state index contributed by atoms with van der Waals surface area (Å²) >= 11 is 0. The molecule has 1 aromatic rings. The fourth-order valence-corrected chi connectivity index (χ4v) is 3.04. The molecule has 0 spiro atoms.